The molecule has 0 aliphatic carbocycles. The molecule has 2 N–H and O–H groups in total. The molecule has 0 saturated carbocycles. The molecule has 2 aromatic rings. The molecule has 2 aromatic carbocycles. The molecule has 0 aliphatic heterocycles. The van der Waals surface area contributed by atoms with E-state index in [9.17, 15) is 16.8 Å². The van der Waals surface area contributed by atoms with Crippen molar-refractivity contribution in [1.82, 2.24) is 0 Å². The van der Waals surface area contributed by atoms with Crippen molar-refractivity contribution < 1.29 is 16.8 Å². The van der Waals surface area contributed by atoms with Gasteiger partial charge in [-0.15, -0.1) is 0 Å². The summed E-state index contributed by atoms with van der Waals surface area (Å²) in [5.41, 5.74) is 0.771. The summed E-state index contributed by atoms with van der Waals surface area (Å²) < 4.78 is 52.0. The Bertz CT molecular complexity index is 990. The molecule has 0 amide bonds. The van der Waals surface area contributed by atoms with Crippen LogP contribution >= 0.6 is 23.2 Å². The van der Waals surface area contributed by atoms with Crippen LogP contribution in [0.2, 0.25) is 10.0 Å². The molecule has 10 heteroatoms. The molecule has 2 rings (SSSR count). The lowest BCUT2D eigenvalue weighted by atomic mass is 10.2. The van der Waals surface area contributed by atoms with Crippen LogP contribution in [-0.2, 0) is 20.0 Å². The van der Waals surface area contributed by atoms with Gasteiger partial charge >= 0.3 is 0 Å². The second-order valence-electron chi connectivity index (χ2n) is 5.04. The van der Waals surface area contributed by atoms with Crippen LogP contribution in [0.3, 0.4) is 0 Å². The number of anilines is 2. The predicted molar refractivity (Wildman–Crippen MR) is 96.9 cm³/mol. The van der Waals surface area contributed by atoms with Gasteiger partial charge in [-0.25, -0.2) is 16.8 Å². The normalized spacial score (nSPS) is 12.0. The molecule has 24 heavy (non-hydrogen) atoms. The van der Waals surface area contributed by atoms with Gasteiger partial charge in [-0.2, -0.15) is 0 Å². The largest absolute Gasteiger partial charge is 0.282 e. The SMILES string of the molecule is Cc1c(Cl)cccc1S(=O)(=O)Nc1ccc(NS(C)(=O)=O)c(Cl)c1. The number of sulfonamides is 2. The van der Waals surface area contributed by atoms with E-state index >= 15 is 0 Å². The molecule has 0 aliphatic rings. The Morgan fingerprint density at radius 1 is 0.917 bits per heavy atom. The molecule has 0 atom stereocenters. The maximum absolute atomic E-state index is 12.5. The molecular weight excluding hydrogens is 395 g/mol. The summed E-state index contributed by atoms with van der Waals surface area (Å²) in [7, 11) is -7.35. The minimum atomic E-state index is -3.86. The van der Waals surface area contributed by atoms with Crippen LogP contribution in [0.1, 0.15) is 5.56 Å². The van der Waals surface area contributed by atoms with Gasteiger partial charge in [-0.05, 0) is 42.8 Å². The number of benzene rings is 2. The Hall–Kier alpha value is -1.48. The third-order valence-electron chi connectivity index (χ3n) is 3.02. The van der Waals surface area contributed by atoms with E-state index in [1.54, 1.807) is 13.0 Å². The van der Waals surface area contributed by atoms with Gasteiger partial charge in [0.05, 0.1) is 27.5 Å². The zero-order valence-corrected chi connectivity index (χ0v) is 15.8. The van der Waals surface area contributed by atoms with Gasteiger partial charge in [0.25, 0.3) is 10.0 Å². The first-order valence-corrected chi connectivity index (χ1v) is 10.7. The van der Waals surface area contributed by atoms with Crippen molar-refractivity contribution in [2.45, 2.75) is 11.8 Å². The number of rotatable bonds is 5. The van der Waals surface area contributed by atoms with E-state index < -0.39 is 20.0 Å². The molecule has 0 spiro atoms. The van der Waals surface area contributed by atoms with Crippen LogP contribution in [0.25, 0.3) is 0 Å². The first-order chi connectivity index (χ1) is 11.0. The minimum Gasteiger partial charge on any atom is -0.282 e. The summed E-state index contributed by atoms with van der Waals surface area (Å²) in [6.07, 6.45) is 0.988. The molecule has 0 unspecified atom stereocenters. The molecular formula is C14H14Cl2N2O4S2. The van der Waals surface area contributed by atoms with Crippen molar-refractivity contribution in [3.63, 3.8) is 0 Å². The Labute approximate surface area is 150 Å². The molecule has 0 fully saturated rings. The van der Waals surface area contributed by atoms with Crippen molar-refractivity contribution in [3.05, 3.63) is 52.0 Å². The lowest BCUT2D eigenvalue weighted by molar-refractivity contribution is 0.600. The highest BCUT2D eigenvalue weighted by Crippen LogP contribution is 2.29. The number of hydrogen-bond acceptors (Lipinski definition) is 4. The topological polar surface area (TPSA) is 92.3 Å². The van der Waals surface area contributed by atoms with Gasteiger partial charge in [0, 0.05) is 5.02 Å². The van der Waals surface area contributed by atoms with E-state index in [2.05, 4.69) is 9.44 Å². The van der Waals surface area contributed by atoms with Crippen LogP contribution in [0.15, 0.2) is 41.3 Å². The summed E-state index contributed by atoms with van der Waals surface area (Å²) in [5.74, 6) is 0. The highest BCUT2D eigenvalue weighted by atomic mass is 35.5. The average Bonchev–Trinajstić information content (AvgIpc) is 2.43. The molecule has 130 valence electrons. The zero-order valence-electron chi connectivity index (χ0n) is 12.7. The zero-order chi connectivity index (χ0) is 18.1. The van der Waals surface area contributed by atoms with Crippen molar-refractivity contribution in [2.24, 2.45) is 0 Å². The van der Waals surface area contributed by atoms with E-state index in [0.717, 1.165) is 6.26 Å². The Kier molecular flexibility index (Phi) is 5.34. The molecule has 0 bridgehead atoms. The van der Waals surface area contributed by atoms with E-state index in [-0.39, 0.29) is 21.3 Å². The average molecular weight is 409 g/mol. The second-order valence-corrected chi connectivity index (χ2v) is 9.25. The quantitative estimate of drug-likeness (QED) is 0.791. The van der Waals surface area contributed by atoms with Gasteiger partial charge in [-0.3, -0.25) is 9.44 Å². The van der Waals surface area contributed by atoms with E-state index in [4.69, 9.17) is 23.2 Å². The summed E-state index contributed by atoms with van der Waals surface area (Å²) in [5, 5.41) is 0.395. The first-order valence-electron chi connectivity index (χ1n) is 6.55. The fraction of sp³-hybridized carbons (Fsp3) is 0.143. The summed E-state index contributed by atoms with van der Waals surface area (Å²) in [6.45, 7) is 1.60. The Morgan fingerprint density at radius 2 is 1.58 bits per heavy atom. The second kappa shape index (κ2) is 6.79. The summed E-state index contributed by atoms with van der Waals surface area (Å²) >= 11 is 11.9. The Morgan fingerprint density at radius 3 is 2.17 bits per heavy atom. The highest BCUT2D eigenvalue weighted by molar-refractivity contribution is 7.92. The van der Waals surface area contributed by atoms with Gasteiger partial charge < -0.3 is 0 Å². The highest BCUT2D eigenvalue weighted by Gasteiger charge is 2.19. The molecule has 0 radical (unpaired) electrons. The molecule has 6 nitrogen and oxygen atoms in total. The van der Waals surface area contributed by atoms with Gasteiger partial charge in [-0.1, -0.05) is 29.3 Å². The fourth-order valence-electron chi connectivity index (χ4n) is 1.95. The monoisotopic (exact) mass is 408 g/mol. The minimum absolute atomic E-state index is 0.0458. The van der Waals surface area contributed by atoms with Crippen molar-refractivity contribution in [2.75, 3.05) is 15.7 Å². The third-order valence-corrected chi connectivity index (χ3v) is 5.86. The molecule has 0 aromatic heterocycles. The summed E-state index contributed by atoms with van der Waals surface area (Å²) in [4.78, 5) is 0.0458. The van der Waals surface area contributed by atoms with E-state index in [1.165, 1.54) is 30.3 Å². The van der Waals surface area contributed by atoms with Crippen LogP contribution in [0.5, 0.6) is 0 Å². The Balaban J connectivity index is 2.34. The molecule has 0 saturated heterocycles. The number of nitrogens with one attached hydrogen (secondary N) is 2. The lowest BCUT2D eigenvalue weighted by Crippen LogP contribution is -2.15. The van der Waals surface area contributed by atoms with Gasteiger partial charge in [0.15, 0.2) is 0 Å². The van der Waals surface area contributed by atoms with Crippen molar-refractivity contribution in [1.29, 1.82) is 0 Å². The standard InChI is InChI=1S/C14H14Cl2N2O4S2/c1-9-11(15)4-3-5-14(9)24(21,22)17-10-6-7-13(12(16)8-10)18-23(2,19)20/h3-8,17-18H,1-2H3. The van der Waals surface area contributed by atoms with Crippen molar-refractivity contribution in [3.8, 4) is 0 Å². The third kappa shape index (κ3) is 4.54. The maximum Gasteiger partial charge on any atom is 0.262 e. The number of hydrogen-bond donors (Lipinski definition) is 2. The molecule has 0 heterocycles. The first kappa shape index (κ1) is 18.9. The maximum atomic E-state index is 12.5. The fourth-order valence-corrected chi connectivity index (χ4v) is 4.36. The summed E-state index contributed by atoms with van der Waals surface area (Å²) in [6, 6.07) is 8.65. The van der Waals surface area contributed by atoms with Gasteiger partial charge in [0.1, 0.15) is 0 Å². The van der Waals surface area contributed by atoms with Crippen molar-refractivity contribution >= 4 is 54.6 Å². The van der Waals surface area contributed by atoms with Crippen LogP contribution in [0, 0.1) is 6.92 Å². The van der Waals surface area contributed by atoms with Crippen LogP contribution in [0.4, 0.5) is 11.4 Å². The predicted octanol–water partition coefficient (Wildman–Crippen LogP) is 3.47. The van der Waals surface area contributed by atoms with Crippen LogP contribution < -0.4 is 9.44 Å². The van der Waals surface area contributed by atoms with E-state index in [0.29, 0.717) is 10.6 Å². The van der Waals surface area contributed by atoms with E-state index in [1.807, 2.05) is 0 Å². The van der Waals surface area contributed by atoms with Gasteiger partial charge in [0.2, 0.25) is 10.0 Å². The number of halogens is 2. The lowest BCUT2D eigenvalue weighted by Gasteiger charge is -2.13. The smallest absolute Gasteiger partial charge is 0.262 e. The van der Waals surface area contributed by atoms with Crippen LogP contribution in [-0.4, -0.2) is 23.1 Å².